The fourth-order valence-electron chi connectivity index (χ4n) is 2.67. The monoisotopic (exact) mass is 311 g/mol. The first kappa shape index (κ1) is 16.2. The Morgan fingerprint density at radius 2 is 2.19 bits per heavy atom. The number of aliphatic hydroxyl groups excluding tert-OH is 1. The van der Waals surface area contributed by atoms with Crippen molar-refractivity contribution in [3.63, 3.8) is 0 Å². The van der Waals surface area contributed by atoms with Crippen LogP contribution in [0.1, 0.15) is 56.2 Å². The van der Waals surface area contributed by atoms with Crippen molar-refractivity contribution in [1.82, 2.24) is 15.6 Å². The lowest BCUT2D eigenvalue weighted by atomic mass is 9.99. The number of urea groups is 1. The molecule has 0 spiro atoms. The molecular weight excluding hydrogens is 286 g/mol. The minimum absolute atomic E-state index is 0.0181. The Morgan fingerprint density at radius 1 is 1.48 bits per heavy atom. The Hall–Kier alpha value is -1.14. The van der Waals surface area contributed by atoms with Crippen LogP contribution in [0.3, 0.4) is 0 Å². The summed E-state index contributed by atoms with van der Waals surface area (Å²) in [6, 6.07) is -0.190. The Bertz CT molecular complexity index is 467. The van der Waals surface area contributed by atoms with Gasteiger partial charge in [0.1, 0.15) is 0 Å². The highest BCUT2D eigenvalue weighted by atomic mass is 32.1. The number of nitrogens with one attached hydrogen (secondary N) is 2. The van der Waals surface area contributed by atoms with E-state index in [9.17, 15) is 9.90 Å². The SMILES string of the molecule is CC(C)c1nc(CCNC(=O)NC2(CO)CCCC2)cs1. The molecule has 1 aromatic heterocycles. The molecule has 3 N–H and O–H groups in total. The second kappa shape index (κ2) is 7.22. The van der Waals surface area contributed by atoms with Gasteiger partial charge in [-0.15, -0.1) is 11.3 Å². The summed E-state index contributed by atoms with van der Waals surface area (Å²) in [6.45, 7) is 4.84. The molecule has 1 aliphatic rings. The zero-order valence-corrected chi connectivity index (χ0v) is 13.6. The van der Waals surface area contributed by atoms with Crippen LogP contribution in [-0.2, 0) is 6.42 Å². The highest BCUT2D eigenvalue weighted by molar-refractivity contribution is 7.09. The summed E-state index contributed by atoms with van der Waals surface area (Å²) in [6.07, 6.45) is 4.60. The molecule has 0 aliphatic heterocycles. The molecule has 0 radical (unpaired) electrons. The number of aromatic nitrogens is 1. The first-order valence-corrected chi connectivity index (χ1v) is 8.54. The van der Waals surface area contributed by atoms with Gasteiger partial charge in [0.25, 0.3) is 0 Å². The maximum absolute atomic E-state index is 11.9. The van der Waals surface area contributed by atoms with E-state index in [1.54, 1.807) is 11.3 Å². The highest BCUT2D eigenvalue weighted by Gasteiger charge is 2.34. The van der Waals surface area contributed by atoms with E-state index < -0.39 is 5.54 Å². The molecule has 2 rings (SSSR count). The van der Waals surface area contributed by atoms with Gasteiger partial charge in [0, 0.05) is 24.3 Å². The van der Waals surface area contributed by atoms with Gasteiger partial charge in [-0.2, -0.15) is 0 Å². The third-order valence-electron chi connectivity index (χ3n) is 3.97. The number of rotatable bonds is 6. The topological polar surface area (TPSA) is 74.2 Å². The van der Waals surface area contributed by atoms with Gasteiger partial charge in [-0.05, 0) is 12.8 Å². The van der Waals surface area contributed by atoms with E-state index >= 15 is 0 Å². The second-order valence-electron chi connectivity index (χ2n) is 6.11. The molecule has 5 nitrogen and oxygen atoms in total. The number of carbonyl (C=O) groups is 1. The van der Waals surface area contributed by atoms with Crippen molar-refractivity contribution in [2.24, 2.45) is 0 Å². The largest absolute Gasteiger partial charge is 0.394 e. The molecule has 118 valence electrons. The number of nitrogens with zero attached hydrogens (tertiary/aromatic N) is 1. The Balaban J connectivity index is 1.73. The van der Waals surface area contributed by atoms with Crippen LogP contribution in [0, 0.1) is 0 Å². The lowest BCUT2D eigenvalue weighted by molar-refractivity contribution is 0.163. The van der Waals surface area contributed by atoms with Crippen LogP contribution >= 0.6 is 11.3 Å². The molecule has 1 aliphatic carbocycles. The van der Waals surface area contributed by atoms with E-state index in [2.05, 4.69) is 34.8 Å². The average molecular weight is 311 g/mol. The molecule has 1 heterocycles. The summed E-state index contributed by atoms with van der Waals surface area (Å²) in [5, 5.41) is 18.5. The lowest BCUT2D eigenvalue weighted by Gasteiger charge is -2.27. The van der Waals surface area contributed by atoms with Gasteiger partial charge in [-0.3, -0.25) is 0 Å². The van der Waals surface area contributed by atoms with Crippen LogP contribution < -0.4 is 10.6 Å². The Kier molecular flexibility index (Phi) is 5.58. The van der Waals surface area contributed by atoms with Gasteiger partial charge in [-0.1, -0.05) is 26.7 Å². The molecule has 0 atom stereocenters. The molecule has 0 saturated heterocycles. The lowest BCUT2D eigenvalue weighted by Crippen LogP contribution is -2.53. The van der Waals surface area contributed by atoms with Crippen LogP contribution in [0.25, 0.3) is 0 Å². The van der Waals surface area contributed by atoms with Crippen molar-refractivity contribution in [1.29, 1.82) is 0 Å². The highest BCUT2D eigenvalue weighted by Crippen LogP contribution is 2.28. The first-order valence-electron chi connectivity index (χ1n) is 7.66. The van der Waals surface area contributed by atoms with Crippen molar-refractivity contribution in [3.8, 4) is 0 Å². The quantitative estimate of drug-likeness (QED) is 0.755. The second-order valence-corrected chi connectivity index (χ2v) is 7.00. The molecule has 2 amide bonds. The van der Waals surface area contributed by atoms with Crippen LogP contribution in [0.4, 0.5) is 4.79 Å². The fourth-order valence-corrected chi connectivity index (χ4v) is 3.54. The smallest absolute Gasteiger partial charge is 0.315 e. The minimum Gasteiger partial charge on any atom is -0.394 e. The van der Waals surface area contributed by atoms with Crippen molar-refractivity contribution in [2.45, 2.75) is 57.4 Å². The summed E-state index contributed by atoms with van der Waals surface area (Å²) in [7, 11) is 0. The maximum Gasteiger partial charge on any atom is 0.315 e. The minimum atomic E-state index is -0.407. The number of amides is 2. The van der Waals surface area contributed by atoms with Crippen LogP contribution in [0.2, 0.25) is 0 Å². The Labute approximate surface area is 130 Å². The molecule has 21 heavy (non-hydrogen) atoms. The molecule has 0 unspecified atom stereocenters. The van der Waals surface area contributed by atoms with E-state index in [0.717, 1.165) is 42.8 Å². The number of thiazole rings is 1. The number of hydrogen-bond acceptors (Lipinski definition) is 4. The van der Waals surface area contributed by atoms with Gasteiger partial charge in [-0.25, -0.2) is 9.78 Å². The van der Waals surface area contributed by atoms with Gasteiger partial charge in [0.2, 0.25) is 0 Å². The van der Waals surface area contributed by atoms with Crippen LogP contribution in [-0.4, -0.2) is 34.8 Å². The molecule has 0 aromatic carbocycles. The average Bonchev–Trinajstić information content (AvgIpc) is 3.08. The molecule has 0 bridgehead atoms. The summed E-state index contributed by atoms with van der Waals surface area (Å²) in [4.78, 5) is 16.5. The number of hydrogen-bond donors (Lipinski definition) is 3. The van der Waals surface area contributed by atoms with Crippen molar-refractivity contribution >= 4 is 17.4 Å². The van der Waals surface area contributed by atoms with Gasteiger partial charge >= 0.3 is 6.03 Å². The number of aliphatic hydroxyl groups is 1. The molecule has 1 saturated carbocycles. The van der Waals surface area contributed by atoms with Crippen molar-refractivity contribution < 1.29 is 9.90 Å². The predicted molar refractivity (Wildman–Crippen MR) is 84.7 cm³/mol. The summed E-state index contributed by atoms with van der Waals surface area (Å²) in [5.41, 5.74) is 0.622. The van der Waals surface area contributed by atoms with E-state index in [-0.39, 0.29) is 12.6 Å². The Morgan fingerprint density at radius 3 is 2.76 bits per heavy atom. The van der Waals surface area contributed by atoms with Crippen LogP contribution in [0.15, 0.2) is 5.38 Å². The maximum atomic E-state index is 11.9. The van der Waals surface area contributed by atoms with Gasteiger partial charge < -0.3 is 15.7 Å². The first-order chi connectivity index (χ1) is 10.0. The third kappa shape index (κ3) is 4.41. The summed E-state index contributed by atoms with van der Waals surface area (Å²) in [5.74, 6) is 0.451. The predicted octanol–water partition coefficient (Wildman–Crippen LogP) is 2.41. The standard InChI is InChI=1S/C15H25N3O2S/c1-11(2)13-17-12(9-21-13)5-8-16-14(20)18-15(10-19)6-3-4-7-15/h9,11,19H,3-8,10H2,1-2H3,(H2,16,18,20). The molecule has 1 fully saturated rings. The molecular formula is C15H25N3O2S. The number of carbonyl (C=O) groups excluding carboxylic acids is 1. The third-order valence-corrected chi connectivity index (χ3v) is 5.17. The van der Waals surface area contributed by atoms with E-state index in [1.165, 1.54) is 0 Å². The molecule has 6 heteroatoms. The zero-order valence-electron chi connectivity index (χ0n) is 12.8. The van der Waals surface area contributed by atoms with E-state index in [1.807, 2.05) is 0 Å². The van der Waals surface area contributed by atoms with E-state index in [0.29, 0.717) is 12.5 Å². The molecule has 1 aromatic rings. The van der Waals surface area contributed by atoms with Gasteiger partial charge in [0.15, 0.2) is 0 Å². The zero-order chi connectivity index (χ0) is 15.3. The van der Waals surface area contributed by atoms with Gasteiger partial charge in [0.05, 0.1) is 22.8 Å². The fraction of sp³-hybridized carbons (Fsp3) is 0.733. The van der Waals surface area contributed by atoms with Crippen LogP contribution in [0.5, 0.6) is 0 Å². The summed E-state index contributed by atoms with van der Waals surface area (Å²) >= 11 is 1.67. The van der Waals surface area contributed by atoms with Crippen molar-refractivity contribution in [3.05, 3.63) is 16.1 Å². The normalized spacial score (nSPS) is 17.1. The van der Waals surface area contributed by atoms with Crippen molar-refractivity contribution in [2.75, 3.05) is 13.2 Å². The van der Waals surface area contributed by atoms with E-state index in [4.69, 9.17) is 0 Å². The summed E-state index contributed by atoms with van der Waals surface area (Å²) < 4.78 is 0.